The Morgan fingerprint density at radius 3 is 2.53 bits per heavy atom. The number of nitrogens with one attached hydrogen (secondary N) is 1. The van der Waals surface area contributed by atoms with E-state index in [0.29, 0.717) is 5.25 Å². The molecule has 0 spiro atoms. The molecular formula is C12H19NOS. The fourth-order valence-corrected chi connectivity index (χ4v) is 2.35. The monoisotopic (exact) mass is 225 g/mol. The SMILES string of the molecule is CNCc1ccc(SC(C)COC)cc1. The Morgan fingerprint density at radius 2 is 2.00 bits per heavy atom. The molecule has 0 aromatic heterocycles. The van der Waals surface area contributed by atoms with E-state index in [9.17, 15) is 0 Å². The molecule has 1 N–H and O–H groups in total. The summed E-state index contributed by atoms with van der Waals surface area (Å²) < 4.78 is 5.11. The van der Waals surface area contributed by atoms with Gasteiger partial charge in [0.1, 0.15) is 0 Å². The van der Waals surface area contributed by atoms with Gasteiger partial charge in [0.2, 0.25) is 0 Å². The van der Waals surface area contributed by atoms with Crippen molar-refractivity contribution in [2.75, 3.05) is 20.8 Å². The maximum Gasteiger partial charge on any atom is 0.0582 e. The quantitative estimate of drug-likeness (QED) is 0.752. The molecule has 0 amide bonds. The van der Waals surface area contributed by atoms with Gasteiger partial charge in [-0.1, -0.05) is 19.1 Å². The van der Waals surface area contributed by atoms with Crippen molar-refractivity contribution in [3.63, 3.8) is 0 Å². The molecule has 0 heterocycles. The van der Waals surface area contributed by atoms with Gasteiger partial charge in [-0.15, -0.1) is 11.8 Å². The molecule has 1 unspecified atom stereocenters. The van der Waals surface area contributed by atoms with Crippen LogP contribution in [0.4, 0.5) is 0 Å². The highest BCUT2D eigenvalue weighted by Crippen LogP contribution is 2.23. The second-order valence-electron chi connectivity index (χ2n) is 3.56. The highest BCUT2D eigenvalue weighted by atomic mass is 32.2. The predicted molar refractivity (Wildman–Crippen MR) is 66.4 cm³/mol. The number of hydrogen-bond donors (Lipinski definition) is 1. The fraction of sp³-hybridized carbons (Fsp3) is 0.500. The van der Waals surface area contributed by atoms with Crippen molar-refractivity contribution >= 4 is 11.8 Å². The first-order valence-corrected chi connectivity index (χ1v) is 6.03. The lowest BCUT2D eigenvalue weighted by Gasteiger charge is -2.10. The van der Waals surface area contributed by atoms with E-state index in [2.05, 4.69) is 36.5 Å². The maximum atomic E-state index is 5.11. The van der Waals surface area contributed by atoms with Gasteiger partial charge in [0.25, 0.3) is 0 Å². The van der Waals surface area contributed by atoms with Gasteiger partial charge in [-0.2, -0.15) is 0 Å². The van der Waals surface area contributed by atoms with Crippen LogP contribution in [0.25, 0.3) is 0 Å². The van der Waals surface area contributed by atoms with Crippen LogP contribution in [0.5, 0.6) is 0 Å². The van der Waals surface area contributed by atoms with Gasteiger partial charge in [0, 0.05) is 23.8 Å². The molecule has 0 saturated carbocycles. The number of rotatable bonds is 6. The van der Waals surface area contributed by atoms with Crippen molar-refractivity contribution in [2.24, 2.45) is 0 Å². The molecule has 0 fully saturated rings. The number of benzene rings is 1. The first-order chi connectivity index (χ1) is 7.26. The molecule has 2 nitrogen and oxygen atoms in total. The first kappa shape index (κ1) is 12.6. The average Bonchev–Trinajstić information content (AvgIpc) is 2.22. The standard InChI is InChI=1S/C12H19NOS/c1-10(9-14-3)15-12-6-4-11(5-7-12)8-13-2/h4-7,10,13H,8-9H2,1-3H3. The number of ether oxygens (including phenoxy) is 1. The van der Waals surface area contributed by atoms with Crippen molar-refractivity contribution in [2.45, 2.75) is 23.6 Å². The summed E-state index contributed by atoms with van der Waals surface area (Å²) in [6.07, 6.45) is 0. The lowest BCUT2D eigenvalue weighted by molar-refractivity contribution is 0.203. The van der Waals surface area contributed by atoms with Gasteiger partial charge in [-0.25, -0.2) is 0 Å². The Balaban J connectivity index is 2.48. The molecule has 0 radical (unpaired) electrons. The summed E-state index contributed by atoms with van der Waals surface area (Å²) in [5.74, 6) is 0. The molecular weight excluding hydrogens is 206 g/mol. The molecule has 84 valence electrons. The fourth-order valence-electron chi connectivity index (χ4n) is 1.39. The van der Waals surface area contributed by atoms with Gasteiger partial charge >= 0.3 is 0 Å². The van der Waals surface area contributed by atoms with Crippen LogP contribution >= 0.6 is 11.8 Å². The minimum absolute atomic E-state index is 0.505. The van der Waals surface area contributed by atoms with E-state index >= 15 is 0 Å². The number of methoxy groups -OCH3 is 1. The average molecular weight is 225 g/mol. The summed E-state index contributed by atoms with van der Waals surface area (Å²) in [4.78, 5) is 1.31. The lowest BCUT2D eigenvalue weighted by Crippen LogP contribution is -2.05. The van der Waals surface area contributed by atoms with Gasteiger partial charge < -0.3 is 10.1 Å². The van der Waals surface area contributed by atoms with Gasteiger partial charge in [-0.3, -0.25) is 0 Å². The molecule has 0 bridgehead atoms. The third kappa shape index (κ3) is 4.69. The Bertz CT molecular complexity index is 273. The Hall–Kier alpha value is -0.510. The van der Waals surface area contributed by atoms with E-state index in [1.54, 1.807) is 7.11 Å². The topological polar surface area (TPSA) is 21.3 Å². The lowest BCUT2D eigenvalue weighted by atomic mass is 10.2. The van der Waals surface area contributed by atoms with E-state index in [1.165, 1.54) is 10.5 Å². The minimum Gasteiger partial charge on any atom is -0.384 e. The van der Waals surface area contributed by atoms with E-state index in [0.717, 1.165) is 13.2 Å². The van der Waals surface area contributed by atoms with E-state index in [1.807, 2.05) is 18.8 Å². The Kier molecular flexibility index (Phi) is 5.76. The smallest absolute Gasteiger partial charge is 0.0582 e. The van der Waals surface area contributed by atoms with Crippen molar-refractivity contribution in [3.8, 4) is 0 Å². The molecule has 15 heavy (non-hydrogen) atoms. The molecule has 0 aliphatic carbocycles. The van der Waals surface area contributed by atoms with E-state index in [4.69, 9.17) is 4.74 Å². The molecule has 1 rings (SSSR count). The molecule has 0 aliphatic rings. The second-order valence-corrected chi connectivity index (χ2v) is 5.07. The second kappa shape index (κ2) is 6.88. The van der Waals surface area contributed by atoms with Gasteiger partial charge in [0.05, 0.1) is 6.61 Å². The molecule has 1 aromatic carbocycles. The molecule has 1 aromatic rings. The largest absolute Gasteiger partial charge is 0.384 e. The van der Waals surface area contributed by atoms with Crippen LogP contribution in [-0.2, 0) is 11.3 Å². The summed E-state index contributed by atoms with van der Waals surface area (Å²) in [5.41, 5.74) is 1.32. The van der Waals surface area contributed by atoms with Crippen LogP contribution in [0.3, 0.4) is 0 Å². The van der Waals surface area contributed by atoms with Gasteiger partial charge in [-0.05, 0) is 24.7 Å². The Morgan fingerprint density at radius 1 is 1.33 bits per heavy atom. The van der Waals surface area contributed by atoms with Gasteiger partial charge in [0.15, 0.2) is 0 Å². The van der Waals surface area contributed by atoms with Crippen LogP contribution in [0.2, 0.25) is 0 Å². The summed E-state index contributed by atoms with van der Waals surface area (Å²) in [7, 11) is 3.70. The highest BCUT2D eigenvalue weighted by molar-refractivity contribution is 8.00. The zero-order valence-electron chi connectivity index (χ0n) is 9.62. The van der Waals surface area contributed by atoms with E-state index in [-0.39, 0.29) is 0 Å². The summed E-state index contributed by atoms with van der Waals surface area (Å²) in [6, 6.07) is 8.67. The number of hydrogen-bond acceptors (Lipinski definition) is 3. The van der Waals surface area contributed by atoms with E-state index < -0.39 is 0 Å². The molecule has 3 heteroatoms. The summed E-state index contributed by atoms with van der Waals surface area (Å²) in [5, 5.41) is 3.64. The van der Waals surface area contributed by atoms with Crippen LogP contribution in [0.1, 0.15) is 12.5 Å². The van der Waals surface area contributed by atoms with Crippen LogP contribution in [0.15, 0.2) is 29.2 Å². The molecule has 1 atom stereocenters. The highest BCUT2D eigenvalue weighted by Gasteiger charge is 2.03. The van der Waals surface area contributed by atoms with Crippen molar-refractivity contribution < 1.29 is 4.74 Å². The zero-order chi connectivity index (χ0) is 11.1. The van der Waals surface area contributed by atoms with Crippen LogP contribution in [0, 0.1) is 0 Å². The van der Waals surface area contributed by atoms with Crippen molar-refractivity contribution in [3.05, 3.63) is 29.8 Å². The van der Waals surface area contributed by atoms with Crippen molar-refractivity contribution in [1.82, 2.24) is 5.32 Å². The molecule has 0 saturated heterocycles. The van der Waals surface area contributed by atoms with Crippen LogP contribution < -0.4 is 5.32 Å². The van der Waals surface area contributed by atoms with Crippen LogP contribution in [-0.4, -0.2) is 26.0 Å². The summed E-state index contributed by atoms with van der Waals surface area (Å²) >= 11 is 1.85. The zero-order valence-corrected chi connectivity index (χ0v) is 10.4. The summed E-state index contributed by atoms with van der Waals surface area (Å²) in [6.45, 7) is 3.90. The normalized spacial score (nSPS) is 12.7. The predicted octanol–water partition coefficient (Wildman–Crippen LogP) is 2.53. The maximum absolute atomic E-state index is 5.11. The van der Waals surface area contributed by atoms with Crippen molar-refractivity contribution in [1.29, 1.82) is 0 Å². The Labute approximate surface area is 96.4 Å². The molecule has 0 aliphatic heterocycles. The third-order valence-corrected chi connectivity index (χ3v) is 3.13. The number of thioether (sulfide) groups is 1. The first-order valence-electron chi connectivity index (χ1n) is 5.15. The third-order valence-electron chi connectivity index (χ3n) is 2.04. The minimum atomic E-state index is 0.505.